The zero-order chi connectivity index (χ0) is 18.8. The van der Waals surface area contributed by atoms with E-state index in [4.69, 9.17) is 14.3 Å². The van der Waals surface area contributed by atoms with Crippen LogP contribution in [0.3, 0.4) is 0 Å². The minimum absolute atomic E-state index is 0.340. The highest BCUT2D eigenvalue weighted by Crippen LogP contribution is 2.17. The fourth-order valence-electron chi connectivity index (χ4n) is 2.51. The summed E-state index contributed by atoms with van der Waals surface area (Å²) in [7, 11) is -4.05. The maximum Gasteiger partial charge on any atom is 0.374 e. The molecule has 0 radical (unpaired) electrons. The lowest BCUT2D eigenvalue weighted by Crippen LogP contribution is -2.15. The maximum absolute atomic E-state index is 12.3. The van der Waals surface area contributed by atoms with E-state index in [-0.39, 0.29) is 11.5 Å². The van der Waals surface area contributed by atoms with Gasteiger partial charge in [-0.25, -0.2) is 18.4 Å². The number of primary sulfonamides is 1. The number of nitrogens with zero attached hydrogens (tertiary/aromatic N) is 1. The largest absolute Gasteiger partial charge is 0.451 e. The lowest BCUT2D eigenvalue weighted by molar-refractivity contribution is 0.0438. The molecule has 2 rings (SSSR count). The van der Waals surface area contributed by atoms with Crippen molar-refractivity contribution in [1.29, 1.82) is 0 Å². The van der Waals surface area contributed by atoms with E-state index in [1.807, 2.05) is 25.3 Å². The van der Waals surface area contributed by atoms with Crippen LogP contribution in [0, 0.1) is 13.8 Å². The monoisotopic (exact) mass is 368 g/mol. The predicted molar refractivity (Wildman–Crippen MR) is 88.9 cm³/mol. The molecule has 0 fully saturated rings. The van der Waals surface area contributed by atoms with Crippen LogP contribution >= 0.6 is 0 Å². The number of hydrogen-bond acceptors (Lipinski definition) is 6. The highest BCUT2D eigenvalue weighted by Gasteiger charge is 2.21. The Morgan fingerprint density at radius 2 is 1.96 bits per heavy atom. The molecular formula is C16H20N2O6S. The van der Waals surface area contributed by atoms with Gasteiger partial charge >= 0.3 is 5.97 Å². The number of rotatable bonds is 7. The van der Waals surface area contributed by atoms with E-state index in [1.54, 1.807) is 6.07 Å². The number of aryl methyl sites for hydroxylation is 1. The Bertz CT molecular complexity index is 907. The highest BCUT2D eigenvalue weighted by atomic mass is 32.2. The Balaban J connectivity index is 2.06. The van der Waals surface area contributed by atoms with Crippen LogP contribution in [0.1, 0.15) is 45.6 Å². The summed E-state index contributed by atoms with van der Waals surface area (Å²) in [4.78, 5) is 24.2. The van der Waals surface area contributed by atoms with E-state index < -0.39 is 27.7 Å². The zero-order valence-electron chi connectivity index (χ0n) is 14.2. The van der Waals surface area contributed by atoms with Crippen molar-refractivity contribution >= 4 is 21.8 Å². The first-order valence-electron chi connectivity index (χ1n) is 7.64. The van der Waals surface area contributed by atoms with Crippen molar-refractivity contribution < 1.29 is 27.2 Å². The Kier molecular flexibility index (Phi) is 5.48. The number of nitrogens with two attached hydrogens (primary N) is 1. The molecular weight excluding hydrogens is 348 g/mol. The topological polar surface area (TPSA) is 122 Å². The number of aromatic nitrogens is 1. The summed E-state index contributed by atoms with van der Waals surface area (Å²) >= 11 is 0. The molecule has 25 heavy (non-hydrogen) atoms. The predicted octanol–water partition coefficient (Wildman–Crippen LogP) is 1.80. The Morgan fingerprint density at radius 3 is 2.52 bits per heavy atom. The molecule has 0 aliphatic heterocycles. The normalized spacial score (nSPS) is 11.5. The second-order valence-electron chi connectivity index (χ2n) is 5.60. The smallest absolute Gasteiger partial charge is 0.374 e. The van der Waals surface area contributed by atoms with Gasteiger partial charge in [0.05, 0.1) is 0 Å². The molecule has 0 saturated carbocycles. The van der Waals surface area contributed by atoms with Gasteiger partial charge in [-0.3, -0.25) is 4.79 Å². The van der Waals surface area contributed by atoms with Gasteiger partial charge in [-0.2, -0.15) is 0 Å². The van der Waals surface area contributed by atoms with Crippen molar-refractivity contribution in [2.75, 3.05) is 6.61 Å². The fourth-order valence-corrected chi connectivity index (χ4v) is 2.98. The third kappa shape index (κ3) is 4.18. The number of ether oxygens (including phenoxy) is 1. The van der Waals surface area contributed by atoms with E-state index >= 15 is 0 Å². The molecule has 136 valence electrons. The lowest BCUT2D eigenvalue weighted by Gasteiger charge is -2.07. The minimum Gasteiger partial charge on any atom is -0.451 e. The van der Waals surface area contributed by atoms with Gasteiger partial charge in [-0.05, 0) is 38.5 Å². The fraction of sp³-hybridized carbons (Fsp3) is 0.375. The van der Waals surface area contributed by atoms with Crippen LogP contribution < -0.4 is 5.14 Å². The molecule has 9 heteroatoms. The first-order chi connectivity index (χ1) is 11.6. The molecule has 2 N–H and O–H groups in total. The SMILES string of the molecule is CCCn1c(C)cc(C(=O)COC(=O)c2ccc(S(N)(=O)=O)o2)c1C. The minimum atomic E-state index is -4.05. The maximum atomic E-state index is 12.3. The van der Waals surface area contributed by atoms with Crippen molar-refractivity contribution in [3.8, 4) is 0 Å². The number of hydrogen-bond donors (Lipinski definition) is 1. The molecule has 0 spiro atoms. The second-order valence-corrected chi connectivity index (χ2v) is 7.09. The summed E-state index contributed by atoms with van der Waals surface area (Å²) in [6.45, 7) is 6.11. The summed E-state index contributed by atoms with van der Waals surface area (Å²) < 4.78 is 34.0. The van der Waals surface area contributed by atoms with Crippen molar-refractivity contribution in [2.45, 2.75) is 38.8 Å². The van der Waals surface area contributed by atoms with Gasteiger partial charge in [0, 0.05) is 23.5 Å². The molecule has 0 atom stereocenters. The molecule has 0 bridgehead atoms. The van der Waals surface area contributed by atoms with Gasteiger partial charge in [0.2, 0.25) is 16.6 Å². The van der Waals surface area contributed by atoms with Crippen LogP contribution in [0.15, 0.2) is 27.7 Å². The molecule has 0 saturated heterocycles. The Morgan fingerprint density at radius 1 is 1.28 bits per heavy atom. The third-order valence-electron chi connectivity index (χ3n) is 3.72. The zero-order valence-corrected chi connectivity index (χ0v) is 15.1. The van der Waals surface area contributed by atoms with Crippen molar-refractivity contribution in [3.05, 3.63) is 40.9 Å². The summed E-state index contributed by atoms with van der Waals surface area (Å²) in [6, 6.07) is 3.93. The van der Waals surface area contributed by atoms with E-state index in [9.17, 15) is 18.0 Å². The second kappa shape index (κ2) is 7.24. The van der Waals surface area contributed by atoms with Crippen molar-refractivity contribution in [2.24, 2.45) is 5.14 Å². The molecule has 2 heterocycles. The Hall–Kier alpha value is -2.39. The number of esters is 1. The molecule has 0 aromatic carbocycles. The summed E-state index contributed by atoms with van der Waals surface area (Å²) in [6.07, 6.45) is 0.934. The van der Waals surface area contributed by atoms with Gasteiger partial charge in [-0.1, -0.05) is 6.92 Å². The van der Waals surface area contributed by atoms with Crippen molar-refractivity contribution in [1.82, 2.24) is 4.57 Å². The number of carbonyl (C=O) groups is 2. The van der Waals surface area contributed by atoms with Crippen molar-refractivity contribution in [3.63, 3.8) is 0 Å². The van der Waals surface area contributed by atoms with E-state index in [1.165, 1.54) is 0 Å². The number of sulfonamides is 1. The van der Waals surface area contributed by atoms with E-state index in [2.05, 4.69) is 0 Å². The van der Waals surface area contributed by atoms with Crippen LogP contribution in [0.2, 0.25) is 0 Å². The number of furan rings is 1. The molecule has 0 amide bonds. The molecule has 0 unspecified atom stereocenters. The van der Waals surface area contributed by atoms with Crippen LogP contribution in [0.25, 0.3) is 0 Å². The first-order valence-corrected chi connectivity index (χ1v) is 9.19. The van der Waals surface area contributed by atoms with Gasteiger partial charge in [-0.15, -0.1) is 0 Å². The van der Waals surface area contributed by atoms with Crippen LogP contribution in [0.4, 0.5) is 0 Å². The summed E-state index contributed by atoms with van der Waals surface area (Å²) in [5.74, 6) is -1.62. The lowest BCUT2D eigenvalue weighted by atomic mass is 10.1. The van der Waals surface area contributed by atoms with Gasteiger partial charge in [0.15, 0.2) is 6.61 Å². The van der Waals surface area contributed by atoms with Crippen LogP contribution in [-0.2, 0) is 21.3 Å². The van der Waals surface area contributed by atoms with Crippen LogP contribution in [-0.4, -0.2) is 31.3 Å². The average molecular weight is 368 g/mol. The third-order valence-corrected chi connectivity index (χ3v) is 4.50. The first kappa shape index (κ1) is 18.9. The van der Waals surface area contributed by atoms with E-state index in [0.29, 0.717) is 5.56 Å². The highest BCUT2D eigenvalue weighted by molar-refractivity contribution is 7.89. The summed E-state index contributed by atoms with van der Waals surface area (Å²) in [5.41, 5.74) is 2.26. The summed E-state index contributed by atoms with van der Waals surface area (Å²) in [5, 5.41) is 4.35. The van der Waals surface area contributed by atoms with Gasteiger partial charge in [0.25, 0.3) is 10.0 Å². The standard InChI is InChI=1S/C16H20N2O6S/c1-4-7-18-10(2)8-12(11(18)3)13(19)9-23-16(20)14-5-6-15(24-14)25(17,21)22/h5-6,8H,4,7,9H2,1-3H3,(H2,17,21,22). The van der Waals surface area contributed by atoms with E-state index in [0.717, 1.165) is 36.5 Å². The Labute approximate surface area is 145 Å². The van der Waals surface area contributed by atoms with Gasteiger partial charge in [0.1, 0.15) is 0 Å². The average Bonchev–Trinajstić information content (AvgIpc) is 3.13. The number of Topliss-reactive ketones (excluding diaryl/α,β-unsaturated/α-hetero) is 1. The van der Waals surface area contributed by atoms with Crippen LogP contribution in [0.5, 0.6) is 0 Å². The number of ketones is 1. The number of carbonyl (C=O) groups excluding carboxylic acids is 2. The molecule has 2 aromatic rings. The quantitative estimate of drug-likeness (QED) is 0.587. The molecule has 2 aromatic heterocycles. The molecule has 0 aliphatic rings. The molecule has 8 nitrogen and oxygen atoms in total. The van der Waals surface area contributed by atoms with Gasteiger partial charge < -0.3 is 13.7 Å². The molecule has 0 aliphatic carbocycles.